The number of aromatic carboxylic acids is 1. The molecule has 1 aromatic rings. The molecule has 0 aliphatic carbocycles. The van der Waals surface area contributed by atoms with E-state index in [9.17, 15) is 14.4 Å². The van der Waals surface area contributed by atoms with Crippen LogP contribution in [0.1, 0.15) is 28.6 Å². The van der Waals surface area contributed by atoms with Crippen LogP contribution < -0.4 is 10.6 Å². The van der Waals surface area contributed by atoms with Gasteiger partial charge in [0.25, 0.3) is 0 Å². The molecule has 1 unspecified atom stereocenters. The van der Waals surface area contributed by atoms with Gasteiger partial charge in [0.05, 0.1) is 11.5 Å². The molecule has 3 N–H and O–H groups in total. The summed E-state index contributed by atoms with van der Waals surface area (Å²) in [5.41, 5.74) is 0.104. The van der Waals surface area contributed by atoms with Crippen molar-refractivity contribution in [1.82, 2.24) is 5.32 Å². The van der Waals surface area contributed by atoms with Crippen LogP contribution in [0.2, 0.25) is 0 Å². The molecule has 0 bridgehead atoms. The summed E-state index contributed by atoms with van der Waals surface area (Å²) in [5.74, 6) is -1.96. The largest absolute Gasteiger partial charge is 0.478 e. The molecule has 2 amide bonds. The topological polar surface area (TPSA) is 95.5 Å². The van der Waals surface area contributed by atoms with Gasteiger partial charge >= 0.3 is 5.97 Å². The Labute approximate surface area is 113 Å². The summed E-state index contributed by atoms with van der Waals surface area (Å²) in [4.78, 5) is 35.0. The molecule has 1 atom stereocenters. The second-order valence-corrected chi connectivity index (χ2v) is 5.45. The molecule has 1 aliphatic heterocycles. The molecule has 1 saturated heterocycles. The average molecular weight is 282 g/mol. The highest BCUT2D eigenvalue weighted by Crippen LogP contribution is 2.29. The van der Waals surface area contributed by atoms with Crippen LogP contribution in [0.25, 0.3) is 0 Å². The van der Waals surface area contributed by atoms with Crippen LogP contribution >= 0.6 is 11.3 Å². The van der Waals surface area contributed by atoms with Crippen molar-refractivity contribution in [3.8, 4) is 0 Å². The quantitative estimate of drug-likeness (QED) is 0.770. The van der Waals surface area contributed by atoms with Crippen molar-refractivity contribution < 1.29 is 19.5 Å². The summed E-state index contributed by atoms with van der Waals surface area (Å²) in [6.07, 6.45) is 0.866. The first-order valence-electron chi connectivity index (χ1n) is 5.94. The number of carbonyl (C=O) groups is 3. The van der Waals surface area contributed by atoms with Crippen molar-refractivity contribution in [3.63, 3.8) is 0 Å². The van der Waals surface area contributed by atoms with Gasteiger partial charge < -0.3 is 15.7 Å². The van der Waals surface area contributed by atoms with Crippen LogP contribution in [-0.2, 0) is 16.0 Å². The Morgan fingerprint density at radius 2 is 2.32 bits per heavy atom. The van der Waals surface area contributed by atoms with E-state index < -0.39 is 11.9 Å². The maximum absolute atomic E-state index is 11.9. The zero-order valence-corrected chi connectivity index (χ0v) is 11.2. The number of thiophene rings is 1. The fourth-order valence-corrected chi connectivity index (χ4v) is 2.86. The lowest BCUT2D eigenvalue weighted by atomic mass is 10.1. The summed E-state index contributed by atoms with van der Waals surface area (Å²) >= 11 is 1.26. The molecule has 7 heteroatoms. The molecule has 0 spiro atoms. The zero-order valence-electron chi connectivity index (χ0n) is 10.4. The maximum atomic E-state index is 11.9. The van der Waals surface area contributed by atoms with Gasteiger partial charge in [-0.2, -0.15) is 0 Å². The predicted octanol–water partition coefficient (Wildman–Crippen LogP) is 1.08. The van der Waals surface area contributed by atoms with Crippen LogP contribution in [-0.4, -0.2) is 29.4 Å². The van der Waals surface area contributed by atoms with Crippen molar-refractivity contribution >= 4 is 34.1 Å². The Kier molecular flexibility index (Phi) is 3.84. The van der Waals surface area contributed by atoms with E-state index in [1.165, 1.54) is 11.3 Å². The summed E-state index contributed by atoms with van der Waals surface area (Å²) < 4.78 is 0. The Bertz CT molecular complexity index is 538. The molecule has 0 aromatic carbocycles. The van der Waals surface area contributed by atoms with E-state index in [-0.39, 0.29) is 23.8 Å². The third kappa shape index (κ3) is 2.93. The summed E-state index contributed by atoms with van der Waals surface area (Å²) in [6, 6.07) is 1.57. The molecule has 1 aromatic heterocycles. The predicted molar refractivity (Wildman–Crippen MR) is 70.4 cm³/mol. The van der Waals surface area contributed by atoms with Crippen LogP contribution in [0, 0.1) is 5.92 Å². The number of hydrogen-bond donors (Lipinski definition) is 3. The highest BCUT2D eigenvalue weighted by atomic mass is 32.1. The first-order valence-corrected chi connectivity index (χ1v) is 6.76. The molecule has 0 saturated carbocycles. The van der Waals surface area contributed by atoms with E-state index in [0.717, 1.165) is 4.88 Å². The lowest BCUT2D eigenvalue weighted by Gasteiger charge is -2.08. The normalized spacial score (nSPS) is 18.2. The van der Waals surface area contributed by atoms with Crippen molar-refractivity contribution in [3.05, 3.63) is 16.5 Å². The van der Waals surface area contributed by atoms with Crippen LogP contribution in [0.15, 0.2) is 6.07 Å². The Hall–Kier alpha value is -1.89. The summed E-state index contributed by atoms with van der Waals surface area (Å²) in [7, 11) is 0. The third-order valence-corrected chi connectivity index (χ3v) is 4.14. The lowest BCUT2D eigenvalue weighted by Crippen LogP contribution is -2.24. The molecule has 2 rings (SSSR count). The van der Waals surface area contributed by atoms with E-state index >= 15 is 0 Å². The minimum absolute atomic E-state index is 0.104. The molecular formula is C12H14N2O4S. The molecule has 19 heavy (non-hydrogen) atoms. The van der Waals surface area contributed by atoms with E-state index in [4.69, 9.17) is 5.11 Å². The number of carboxylic acid groups (broad SMARTS) is 1. The van der Waals surface area contributed by atoms with E-state index in [1.807, 2.05) is 6.92 Å². The highest BCUT2D eigenvalue weighted by molar-refractivity contribution is 7.16. The van der Waals surface area contributed by atoms with E-state index in [2.05, 4.69) is 10.6 Å². The lowest BCUT2D eigenvalue weighted by molar-refractivity contribution is -0.123. The number of nitrogens with one attached hydrogen (secondary N) is 2. The standard InChI is InChI=1S/C12H14N2O4S/c1-2-7-4-8(12(17)18)11(19-7)14-10(16)6-3-9(15)13-5-6/h4,6H,2-3,5H2,1H3,(H,13,15)(H,14,16)(H,17,18). The van der Waals surface area contributed by atoms with Crippen molar-refractivity contribution in [1.29, 1.82) is 0 Å². The molecule has 102 valence electrons. The summed E-state index contributed by atoms with van der Waals surface area (Å²) in [5, 5.41) is 14.6. The van der Waals surface area contributed by atoms with Gasteiger partial charge in [-0.1, -0.05) is 6.92 Å². The monoisotopic (exact) mass is 282 g/mol. The van der Waals surface area contributed by atoms with Crippen LogP contribution in [0.5, 0.6) is 0 Å². The van der Waals surface area contributed by atoms with Gasteiger partial charge in [0, 0.05) is 17.8 Å². The van der Waals surface area contributed by atoms with Gasteiger partial charge in [0.2, 0.25) is 11.8 Å². The number of aryl methyl sites for hydroxylation is 1. The molecule has 6 nitrogen and oxygen atoms in total. The van der Waals surface area contributed by atoms with Crippen LogP contribution in [0.4, 0.5) is 5.00 Å². The first-order chi connectivity index (χ1) is 9.01. The Balaban J connectivity index is 2.14. The zero-order chi connectivity index (χ0) is 14.0. The van der Waals surface area contributed by atoms with Gasteiger partial charge in [-0.25, -0.2) is 4.79 Å². The second-order valence-electron chi connectivity index (χ2n) is 4.31. The van der Waals surface area contributed by atoms with Crippen molar-refractivity contribution in [2.45, 2.75) is 19.8 Å². The van der Waals surface area contributed by atoms with Gasteiger partial charge in [-0.15, -0.1) is 11.3 Å². The number of anilines is 1. The number of amides is 2. The number of rotatable bonds is 4. The third-order valence-electron chi connectivity index (χ3n) is 2.95. The fourth-order valence-electron chi connectivity index (χ4n) is 1.87. The Morgan fingerprint density at radius 1 is 1.58 bits per heavy atom. The fraction of sp³-hybridized carbons (Fsp3) is 0.417. The van der Waals surface area contributed by atoms with Gasteiger partial charge in [0.1, 0.15) is 5.00 Å². The summed E-state index contributed by atoms with van der Waals surface area (Å²) in [6.45, 7) is 2.22. The smallest absolute Gasteiger partial charge is 0.338 e. The van der Waals surface area contributed by atoms with Gasteiger partial charge in [0.15, 0.2) is 0 Å². The number of carboxylic acids is 1. The van der Waals surface area contributed by atoms with E-state index in [0.29, 0.717) is 18.0 Å². The van der Waals surface area contributed by atoms with Crippen molar-refractivity contribution in [2.75, 3.05) is 11.9 Å². The van der Waals surface area contributed by atoms with Crippen LogP contribution in [0.3, 0.4) is 0 Å². The minimum atomic E-state index is -1.06. The molecule has 1 fully saturated rings. The SMILES string of the molecule is CCc1cc(C(=O)O)c(NC(=O)C2CNC(=O)C2)s1. The van der Waals surface area contributed by atoms with Gasteiger partial charge in [-0.05, 0) is 12.5 Å². The highest BCUT2D eigenvalue weighted by Gasteiger charge is 2.29. The van der Waals surface area contributed by atoms with Gasteiger partial charge in [-0.3, -0.25) is 9.59 Å². The van der Waals surface area contributed by atoms with E-state index in [1.54, 1.807) is 6.07 Å². The first kappa shape index (κ1) is 13.5. The molecule has 0 radical (unpaired) electrons. The Morgan fingerprint density at radius 3 is 2.84 bits per heavy atom. The minimum Gasteiger partial charge on any atom is -0.478 e. The average Bonchev–Trinajstić information content (AvgIpc) is 2.95. The molecular weight excluding hydrogens is 268 g/mol. The second kappa shape index (κ2) is 5.40. The molecule has 1 aliphatic rings. The van der Waals surface area contributed by atoms with Crippen molar-refractivity contribution in [2.24, 2.45) is 5.92 Å². The molecule has 2 heterocycles. The number of hydrogen-bond acceptors (Lipinski definition) is 4. The maximum Gasteiger partial charge on any atom is 0.338 e. The number of carbonyl (C=O) groups excluding carboxylic acids is 2.